The Balaban J connectivity index is 2.63. The molecule has 8 nitrogen and oxygen atoms in total. The lowest BCUT2D eigenvalue weighted by Gasteiger charge is -2.06. The zero-order chi connectivity index (χ0) is 14.9. The molecule has 2 heterocycles. The summed E-state index contributed by atoms with van der Waals surface area (Å²) < 4.78 is 1.60. The first-order valence-electron chi connectivity index (χ1n) is 6.16. The zero-order valence-corrected chi connectivity index (χ0v) is 11.5. The van der Waals surface area contributed by atoms with Gasteiger partial charge in [0.2, 0.25) is 0 Å². The summed E-state index contributed by atoms with van der Waals surface area (Å²) in [4.78, 5) is 14.7. The van der Waals surface area contributed by atoms with E-state index in [1.54, 1.807) is 4.68 Å². The molecule has 0 saturated carbocycles. The van der Waals surface area contributed by atoms with Crippen LogP contribution < -0.4 is 11.3 Å². The molecule has 0 aliphatic heterocycles. The molecule has 0 atom stereocenters. The topological polar surface area (TPSA) is 112 Å². The van der Waals surface area contributed by atoms with Gasteiger partial charge in [0, 0.05) is 5.69 Å². The highest BCUT2D eigenvalue weighted by molar-refractivity contribution is 5.50. The molecule has 2 rings (SSSR count). The van der Waals surface area contributed by atoms with Gasteiger partial charge in [0.15, 0.2) is 5.82 Å². The van der Waals surface area contributed by atoms with Gasteiger partial charge in [0.05, 0.1) is 22.7 Å². The van der Waals surface area contributed by atoms with Gasteiger partial charge in [0.1, 0.15) is 5.82 Å². The van der Waals surface area contributed by atoms with Crippen LogP contribution >= 0.6 is 0 Å². The number of nitrogens with zero attached hydrogens (tertiary/aromatic N) is 4. The van der Waals surface area contributed by atoms with Crippen LogP contribution in [0.25, 0.3) is 5.82 Å². The molecule has 0 aliphatic carbocycles. The molecule has 2 aromatic rings. The minimum absolute atomic E-state index is 0.0893. The molecule has 0 unspecified atom stereocenters. The first-order chi connectivity index (χ1) is 9.47. The SMILES string of the molecule is CCc1c(C)nn(-c2cc([N+](=O)[O-])cc(NN)n2)c1C. The summed E-state index contributed by atoms with van der Waals surface area (Å²) in [7, 11) is 0. The van der Waals surface area contributed by atoms with Gasteiger partial charge in [-0.15, -0.1) is 0 Å². The number of nitrogens with one attached hydrogen (secondary N) is 1. The molecular weight excluding hydrogens is 260 g/mol. The van der Waals surface area contributed by atoms with Crippen LogP contribution in [-0.4, -0.2) is 19.7 Å². The van der Waals surface area contributed by atoms with E-state index >= 15 is 0 Å². The van der Waals surface area contributed by atoms with Crippen LogP contribution in [0.2, 0.25) is 0 Å². The van der Waals surface area contributed by atoms with E-state index in [1.807, 2.05) is 20.8 Å². The lowest BCUT2D eigenvalue weighted by molar-refractivity contribution is -0.384. The molecular formula is C12H16N6O2. The van der Waals surface area contributed by atoms with E-state index in [2.05, 4.69) is 15.5 Å². The van der Waals surface area contributed by atoms with E-state index in [-0.39, 0.29) is 11.5 Å². The number of hydrazine groups is 1. The molecule has 0 aliphatic rings. The second-order valence-corrected chi connectivity index (χ2v) is 4.38. The molecule has 0 saturated heterocycles. The van der Waals surface area contributed by atoms with E-state index in [4.69, 9.17) is 5.84 Å². The number of nitrogen functional groups attached to an aromatic ring is 1. The van der Waals surface area contributed by atoms with Gasteiger partial charge in [-0.3, -0.25) is 10.1 Å². The van der Waals surface area contributed by atoms with Crippen molar-refractivity contribution in [1.29, 1.82) is 0 Å². The summed E-state index contributed by atoms with van der Waals surface area (Å²) in [6, 6.07) is 2.65. The fraction of sp³-hybridized carbons (Fsp3) is 0.333. The Morgan fingerprint density at radius 1 is 1.45 bits per heavy atom. The van der Waals surface area contributed by atoms with Crippen molar-refractivity contribution in [1.82, 2.24) is 14.8 Å². The van der Waals surface area contributed by atoms with Gasteiger partial charge < -0.3 is 5.43 Å². The van der Waals surface area contributed by atoms with Gasteiger partial charge in [0.25, 0.3) is 5.69 Å². The number of nitrogens with two attached hydrogens (primary N) is 1. The largest absolute Gasteiger partial charge is 0.308 e. The average Bonchev–Trinajstić information content (AvgIpc) is 2.72. The minimum Gasteiger partial charge on any atom is -0.308 e. The molecule has 0 radical (unpaired) electrons. The van der Waals surface area contributed by atoms with E-state index < -0.39 is 4.92 Å². The van der Waals surface area contributed by atoms with Crippen molar-refractivity contribution in [3.8, 4) is 5.82 Å². The molecule has 3 N–H and O–H groups in total. The number of aromatic nitrogens is 3. The first-order valence-corrected chi connectivity index (χ1v) is 6.16. The molecule has 0 amide bonds. The average molecular weight is 276 g/mol. The Labute approximate surface area is 115 Å². The van der Waals surface area contributed by atoms with E-state index in [9.17, 15) is 10.1 Å². The van der Waals surface area contributed by atoms with Crippen molar-refractivity contribution < 1.29 is 4.92 Å². The summed E-state index contributed by atoms with van der Waals surface area (Å²) in [5, 5.41) is 15.3. The molecule has 8 heteroatoms. The van der Waals surface area contributed by atoms with Gasteiger partial charge >= 0.3 is 0 Å². The summed E-state index contributed by atoms with van der Waals surface area (Å²) >= 11 is 0. The maximum Gasteiger partial charge on any atom is 0.276 e. The van der Waals surface area contributed by atoms with Crippen molar-refractivity contribution in [3.63, 3.8) is 0 Å². The Morgan fingerprint density at radius 2 is 2.15 bits per heavy atom. The van der Waals surface area contributed by atoms with E-state index in [0.717, 1.165) is 23.4 Å². The molecule has 0 aromatic carbocycles. The quantitative estimate of drug-likeness (QED) is 0.498. The Kier molecular flexibility index (Phi) is 3.66. The summed E-state index contributed by atoms with van der Waals surface area (Å²) in [5.74, 6) is 5.89. The molecule has 0 fully saturated rings. The van der Waals surface area contributed by atoms with Crippen LogP contribution in [0.3, 0.4) is 0 Å². The minimum atomic E-state index is -0.488. The van der Waals surface area contributed by atoms with Crippen LogP contribution in [0.4, 0.5) is 11.5 Å². The third kappa shape index (κ3) is 2.32. The number of hydrogen-bond acceptors (Lipinski definition) is 6. The molecule has 106 valence electrons. The maximum atomic E-state index is 10.9. The van der Waals surface area contributed by atoms with Crippen molar-refractivity contribution in [2.45, 2.75) is 27.2 Å². The zero-order valence-electron chi connectivity index (χ0n) is 11.5. The number of nitro groups is 1. The first kappa shape index (κ1) is 13.9. The molecule has 2 aromatic heterocycles. The highest BCUT2D eigenvalue weighted by Crippen LogP contribution is 2.22. The number of rotatable bonds is 4. The second-order valence-electron chi connectivity index (χ2n) is 4.38. The predicted octanol–water partition coefficient (Wildman–Crippen LogP) is 1.64. The van der Waals surface area contributed by atoms with Crippen LogP contribution in [0.5, 0.6) is 0 Å². The molecule has 0 bridgehead atoms. The van der Waals surface area contributed by atoms with Crippen molar-refractivity contribution in [2.24, 2.45) is 5.84 Å². The lowest BCUT2D eigenvalue weighted by Crippen LogP contribution is -2.11. The Morgan fingerprint density at radius 3 is 2.65 bits per heavy atom. The second kappa shape index (κ2) is 5.25. The number of hydrogen-bond donors (Lipinski definition) is 2. The van der Waals surface area contributed by atoms with Gasteiger partial charge in [-0.1, -0.05) is 6.92 Å². The molecule has 20 heavy (non-hydrogen) atoms. The summed E-state index contributed by atoms with van der Waals surface area (Å²) in [6.45, 7) is 5.85. The normalized spacial score (nSPS) is 10.6. The number of pyridine rings is 1. The number of aryl methyl sites for hydroxylation is 1. The number of anilines is 1. The van der Waals surface area contributed by atoms with Gasteiger partial charge in [-0.25, -0.2) is 15.5 Å². The van der Waals surface area contributed by atoms with Crippen LogP contribution in [0, 0.1) is 24.0 Å². The fourth-order valence-corrected chi connectivity index (χ4v) is 2.20. The third-order valence-electron chi connectivity index (χ3n) is 3.17. The standard InChI is InChI=1S/C12H16N6O2/c1-4-10-7(2)16-17(8(10)3)12-6-9(18(19)20)5-11(14-12)15-13/h5-6H,4,13H2,1-3H3,(H,14,15). The smallest absolute Gasteiger partial charge is 0.276 e. The fourth-order valence-electron chi connectivity index (χ4n) is 2.20. The summed E-state index contributed by atoms with van der Waals surface area (Å²) in [5.41, 5.74) is 5.16. The van der Waals surface area contributed by atoms with Crippen LogP contribution in [0.15, 0.2) is 12.1 Å². The monoisotopic (exact) mass is 276 g/mol. The highest BCUT2D eigenvalue weighted by Gasteiger charge is 2.16. The Bertz CT molecular complexity index is 664. The highest BCUT2D eigenvalue weighted by atomic mass is 16.6. The van der Waals surface area contributed by atoms with Crippen LogP contribution in [0.1, 0.15) is 23.9 Å². The van der Waals surface area contributed by atoms with Crippen molar-refractivity contribution in [2.75, 3.05) is 5.43 Å². The van der Waals surface area contributed by atoms with Crippen LogP contribution in [-0.2, 0) is 6.42 Å². The third-order valence-corrected chi connectivity index (χ3v) is 3.17. The van der Waals surface area contributed by atoms with Gasteiger partial charge in [-0.05, 0) is 25.8 Å². The summed E-state index contributed by atoms with van der Waals surface area (Å²) in [6.07, 6.45) is 0.842. The van der Waals surface area contributed by atoms with Crippen molar-refractivity contribution in [3.05, 3.63) is 39.2 Å². The molecule has 0 spiro atoms. The maximum absolute atomic E-state index is 10.9. The predicted molar refractivity (Wildman–Crippen MR) is 74.7 cm³/mol. The Hall–Kier alpha value is -2.48. The van der Waals surface area contributed by atoms with E-state index in [0.29, 0.717) is 5.82 Å². The van der Waals surface area contributed by atoms with Crippen molar-refractivity contribution >= 4 is 11.5 Å². The van der Waals surface area contributed by atoms with E-state index in [1.165, 1.54) is 12.1 Å². The lowest BCUT2D eigenvalue weighted by atomic mass is 10.1. The van der Waals surface area contributed by atoms with Gasteiger partial charge in [-0.2, -0.15) is 5.10 Å².